The third kappa shape index (κ3) is 5.50. The van der Waals surface area contributed by atoms with Crippen LogP contribution in [0.3, 0.4) is 0 Å². The van der Waals surface area contributed by atoms with Crippen molar-refractivity contribution in [1.82, 2.24) is 0 Å². The van der Waals surface area contributed by atoms with Crippen LogP contribution in [0.2, 0.25) is 0 Å². The molecule has 1 aliphatic heterocycles. The van der Waals surface area contributed by atoms with Gasteiger partial charge in [0.05, 0.1) is 19.3 Å². The van der Waals surface area contributed by atoms with Gasteiger partial charge < -0.3 is 44.5 Å². The number of rotatable bonds is 11. The highest BCUT2D eigenvalue weighted by atomic mass is 17.2. The molecule has 2 heterocycles. The van der Waals surface area contributed by atoms with Gasteiger partial charge >= 0.3 is 0 Å². The molecule has 0 fully saturated rings. The van der Waals surface area contributed by atoms with Crippen LogP contribution in [-0.4, -0.2) is 87.1 Å². The molecule has 0 bridgehead atoms. The van der Waals surface area contributed by atoms with Crippen LogP contribution in [-0.2, 0) is 22.8 Å². The van der Waals surface area contributed by atoms with E-state index < -0.39 is 54.8 Å². The quantitative estimate of drug-likeness (QED) is 0.126. The first-order valence-electron chi connectivity index (χ1n) is 10.6. The summed E-state index contributed by atoms with van der Waals surface area (Å²) in [6.07, 6.45) is -7.04. The van der Waals surface area contributed by atoms with E-state index in [1.54, 1.807) is 19.9 Å². The van der Waals surface area contributed by atoms with Gasteiger partial charge in [0.25, 0.3) is 0 Å². The van der Waals surface area contributed by atoms with Crippen LogP contribution in [0.15, 0.2) is 21.3 Å². The molecule has 0 radical (unpaired) electrons. The maximum absolute atomic E-state index is 12.8. The second-order valence-corrected chi connectivity index (χ2v) is 8.65. The fraction of sp³-hybridized carbons (Fsp3) is 0.591. The number of benzene rings is 1. The van der Waals surface area contributed by atoms with E-state index in [1.807, 2.05) is 0 Å². The summed E-state index contributed by atoms with van der Waals surface area (Å²) in [6.45, 7) is 1.53. The van der Waals surface area contributed by atoms with Gasteiger partial charge in [0.15, 0.2) is 5.43 Å². The molecule has 0 saturated carbocycles. The average Bonchev–Trinajstić information content (AvgIpc) is 3.23. The Kier molecular flexibility index (Phi) is 8.16. The fourth-order valence-corrected chi connectivity index (χ4v) is 3.60. The first kappa shape index (κ1) is 26.3. The Morgan fingerprint density at radius 2 is 1.79 bits per heavy atom. The van der Waals surface area contributed by atoms with Crippen molar-refractivity contribution in [3.8, 4) is 11.5 Å². The van der Waals surface area contributed by atoms with Crippen LogP contribution >= 0.6 is 0 Å². The minimum absolute atomic E-state index is 0.0855. The van der Waals surface area contributed by atoms with E-state index in [0.717, 1.165) is 0 Å². The van der Waals surface area contributed by atoms with Crippen molar-refractivity contribution in [2.45, 2.75) is 63.0 Å². The lowest BCUT2D eigenvalue weighted by molar-refractivity contribution is -0.321. The zero-order valence-corrected chi connectivity index (χ0v) is 19.0. The molecule has 5 unspecified atom stereocenters. The molecule has 1 aromatic carbocycles. The summed E-state index contributed by atoms with van der Waals surface area (Å²) < 4.78 is 17.0. The van der Waals surface area contributed by atoms with Crippen molar-refractivity contribution >= 4 is 11.0 Å². The Hall–Kier alpha value is -2.29. The van der Waals surface area contributed by atoms with Crippen LogP contribution in [0.25, 0.3) is 11.0 Å². The van der Waals surface area contributed by atoms with E-state index in [-0.39, 0.29) is 23.3 Å². The standard InChI is InChI=1S/C22H30O12/c1-22(2,29)17-5-11-15(34-17)6-16-18(21(11)30-3)12(24)4-10(33-16)8-31-32-9-14(26)20(28)19(27)13(25)7-23/h4,6,13-14,17,19-20,23,25-29H,5,7-9H2,1-3H3. The number of hydrogen-bond donors (Lipinski definition) is 6. The van der Waals surface area contributed by atoms with Crippen molar-refractivity contribution in [1.29, 1.82) is 0 Å². The molecular weight excluding hydrogens is 456 g/mol. The molecule has 1 aliphatic rings. The van der Waals surface area contributed by atoms with Crippen LogP contribution in [0.5, 0.6) is 11.5 Å². The van der Waals surface area contributed by atoms with Gasteiger partial charge in [0.1, 0.15) is 72.0 Å². The highest BCUT2D eigenvalue weighted by molar-refractivity contribution is 5.87. The maximum Gasteiger partial charge on any atom is 0.196 e. The number of aliphatic hydroxyl groups is 6. The molecule has 5 atom stereocenters. The van der Waals surface area contributed by atoms with Gasteiger partial charge in [-0.25, -0.2) is 9.78 Å². The molecule has 2 aromatic rings. The minimum atomic E-state index is -1.80. The average molecular weight is 486 g/mol. The van der Waals surface area contributed by atoms with Gasteiger partial charge in [-0.3, -0.25) is 4.79 Å². The molecule has 0 saturated heterocycles. The highest BCUT2D eigenvalue weighted by Gasteiger charge is 2.38. The number of fused-ring (bicyclic) bond motifs is 2. The van der Waals surface area contributed by atoms with Gasteiger partial charge in [-0.2, -0.15) is 0 Å². The zero-order valence-electron chi connectivity index (χ0n) is 19.0. The summed E-state index contributed by atoms with van der Waals surface area (Å²) in [5.74, 6) is 0.814. The van der Waals surface area contributed by atoms with Gasteiger partial charge in [0, 0.05) is 24.1 Å². The zero-order chi connectivity index (χ0) is 25.2. The van der Waals surface area contributed by atoms with Crippen molar-refractivity contribution in [2.24, 2.45) is 0 Å². The lowest BCUT2D eigenvalue weighted by Crippen LogP contribution is -2.47. The van der Waals surface area contributed by atoms with Gasteiger partial charge in [0.2, 0.25) is 0 Å². The third-order valence-corrected chi connectivity index (χ3v) is 5.59. The van der Waals surface area contributed by atoms with Gasteiger partial charge in [-0.1, -0.05) is 0 Å². The fourth-order valence-electron chi connectivity index (χ4n) is 3.60. The molecule has 0 aliphatic carbocycles. The minimum Gasteiger partial charge on any atom is -0.495 e. The van der Waals surface area contributed by atoms with Crippen molar-refractivity contribution in [3.63, 3.8) is 0 Å². The topological polar surface area (TPSA) is 189 Å². The Labute approximate surface area is 194 Å². The molecule has 1 aromatic heterocycles. The predicted octanol–water partition coefficient (Wildman–Crippen LogP) is -1.24. The predicted molar refractivity (Wildman–Crippen MR) is 115 cm³/mol. The smallest absolute Gasteiger partial charge is 0.196 e. The Morgan fingerprint density at radius 3 is 2.41 bits per heavy atom. The van der Waals surface area contributed by atoms with Crippen molar-refractivity contribution in [2.75, 3.05) is 20.3 Å². The third-order valence-electron chi connectivity index (χ3n) is 5.59. The van der Waals surface area contributed by atoms with Crippen molar-refractivity contribution in [3.05, 3.63) is 33.7 Å². The van der Waals surface area contributed by atoms with Crippen LogP contribution in [0.4, 0.5) is 0 Å². The van der Waals surface area contributed by atoms with E-state index >= 15 is 0 Å². The summed E-state index contributed by atoms with van der Waals surface area (Å²) in [7, 11) is 1.42. The molecule has 0 spiro atoms. The molecule has 3 rings (SSSR count). The Balaban J connectivity index is 1.70. The Bertz CT molecular complexity index is 1040. The second kappa shape index (κ2) is 10.5. The summed E-state index contributed by atoms with van der Waals surface area (Å²) in [6, 6.07) is 2.73. The Morgan fingerprint density at radius 1 is 1.12 bits per heavy atom. The number of ether oxygens (including phenoxy) is 2. The first-order valence-corrected chi connectivity index (χ1v) is 10.6. The highest BCUT2D eigenvalue weighted by Crippen LogP contribution is 2.42. The van der Waals surface area contributed by atoms with E-state index in [2.05, 4.69) is 0 Å². The second-order valence-electron chi connectivity index (χ2n) is 8.65. The molecule has 6 N–H and O–H groups in total. The molecule has 34 heavy (non-hydrogen) atoms. The normalized spacial score (nSPS) is 19.4. The summed E-state index contributed by atoms with van der Waals surface area (Å²) in [4.78, 5) is 22.5. The summed E-state index contributed by atoms with van der Waals surface area (Å²) >= 11 is 0. The van der Waals surface area contributed by atoms with Gasteiger partial charge in [-0.05, 0) is 13.8 Å². The van der Waals surface area contributed by atoms with Crippen molar-refractivity contribution < 1.29 is 54.3 Å². The molecule has 190 valence electrons. The van der Waals surface area contributed by atoms with Crippen LogP contribution < -0.4 is 14.9 Å². The monoisotopic (exact) mass is 486 g/mol. The lowest BCUT2D eigenvalue weighted by Gasteiger charge is -2.25. The van der Waals surface area contributed by atoms with Crippen LogP contribution in [0, 0.1) is 0 Å². The molecule has 12 heteroatoms. The van der Waals surface area contributed by atoms with E-state index in [9.17, 15) is 30.3 Å². The number of hydrogen-bond acceptors (Lipinski definition) is 12. The van der Waals surface area contributed by atoms with E-state index in [1.165, 1.54) is 13.2 Å². The van der Waals surface area contributed by atoms with E-state index in [0.29, 0.717) is 23.5 Å². The number of methoxy groups -OCH3 is 1. The van der Waals surface area contributed by atoms with E-state index in [4.69, 9.17) is 28.8 Å². The molecular formula is C22H30O12. The number of aliphatic hydroxyl groups excluding tert-OH is 5. The largest absolute Gasteiger partial charge is 0.495 e. The van der Waals surface area contributed by atoms with Gasteiger partial charge in [-0.15, -0.1) is 0 Å². The first-order chi connectivity index (χ1) is 16.0. The lowest BCUT2D eigenvalue weighted by atomic mass is 9.96. The maximum atomic E-state index is 12.8. The molecule has 0 amide bonds. The molecule has 12 nitrogen and oxygen atoms in total. The summed E-state index contributed by atoms with van der Waals surface area (Å²) in [5.41, 5.74) is -0.686. The van der Waals surface area contributed by atoms with Crippen LogP contribution in [0.1, 0.15) is 25.2 Å². The SMILES string of the molecule is COc1c2c(cc3oc(COOCC(O)C(O)C(O)C(O)CO)cc(=O)c13)OC(C(C)(C)O)C2. The summed E-state index contributed by atoms with van der Waals surface area (Å²) in [5, 5.41) is 57.8.